The number of benzene rings is 4. The molecular formula is C26H16F4N2O2S2. The molecule has 2 N–H and O–H groups in total. The number of carbonyl (C=O) groups is 2. The van der Waals surface area contributed by atoms with Crippen LogP contribution in [0.4, 0.5) is 28.9 Å². The third-order valence-corrected chi connectivity index (χ3v) is 7.33. The van der Waals surface area contributed by atoms with Crippen LogP contribution in [0, 0.1) is 23.3 Å². The van der Waals surface area contributed by atoms with Crippen molar-refractivity contribution in [2.24, 2.45) is 0 Å². The summed E-state index contributed by atoms with van der Waals surface area (Å²) in [4.78, 5) is 26.7. The van der Waals surface area contributed by atoms with E-state index in [0.29, 0.717) is 21.9 Å². The molecule has 4 nitrogen and oxygen atoms in total. The first-order chi connectivity index (χ1) is 17.3. The maximum Gasteiger partial charge on any atom is 0.256 e. The minimum Gasteiger partial charge on any atom is -0.319 e. The van der Waals surface area contributed by atoms with Gasteiger partial charge in [-0.2, -0.15) is 0 Å². The van der Waals surface area contributed by atoms with Gasteiger partial charge in [0.05, 0.1) is 22.5 Å². The van der Waals surface area contributed by atoms with Gasteiger partial charge in [0, 0.05) is 21.9 Å². The number of hydrogen-bond donors (Lipinski definition) is 2. The van der Waals surface area contributed by atoms with Crippen LogP contribution in [-0.2, 0) is 0 Å². The summed E-state index contributed by atoms with van der Waals surface area (Å²) in [6.07, 6.45) is 0. The van der Waals surface area contributed by atoms with E-state index >= 15 is 0 Å². The largest absolute Gasteiger partial charge is 0.319 e. The highest BCUT2D eigenvalue weighted by molar-refractivity contribution is 8.76. The summed E-state index contributed by atoms with van der Waals surface area (Å²) in [7, 11) is 2.37. The Morgan fingerprint density at radius 3 is 1.33 bits per heavy atom. The minimum absolute atomic E-state index is 0.163. The third-order valence-electron chi connectivity index (χ3n) is 4.84. The molecule has 0 unspecified atom stereocenters. The smallest absolute Gasteiger partial charge is 0.256 e. The molecule has 0 aliphatic heterocycles. The van der Waals surface area contributed by atoms with Gasteiger partial charge in [-0.25, -0.2) is 17.6 Å². The number of halogens is 4. The standard InChI is InChI=1S/C26H16F4N2O2S2/c27-15-9-11-21(19(29)13-15)31-25(33)17-5-1-3-7-23(17)35-36-24-8-4-2-6-18(24)26(34)32-22-12-10-16(28)14-20(22)30/h1-14H,(H,31,33)(H,32,34). The highest BCUT2D eigenvalue weighted by Crippen LogP contribution is 2.41. The summed E-state index contributed by atoms with van der Waals surface area (Å²) in [5.41, 5.74) is 0.163. The predicted molar refractivity (Wildman–Crippen MR) is 133 cm³/mol. The second kappa shape index (κ2) is 11.3. The van der Waals surface area contributed by atoms with Crippen LogP contribution in [0.1, 0.15) is 20.7 Å². The normalized spacial score (nSPS) is 10.7. The molecule has 0 spiro atoms. The van der Waals surface area contributed by atoms with Gasteiger partial charge < -0.3 is 10.6 Å². The summed E-state index contributed by atoms with van der Waals surface area (Å²) in [5.74, 6) is -4.52. The highest BCUT2D eigenvalue weighted by Gasteiger charge is 2.17. The van der Waals surface area contributed by atoms with E-state index in [9.17, 15) is 27.2 Å². The van der Waals surface area contributed by atoms with E-state index in [-0.39, 0.29) is 22.5 Å². The number of amides is 2. The van der Waals surface area contributed by atoms with Crippen molar-refractivity contribution in [2.75, 3.05) is 10.6 Å². The molecule has 2 amide bonds. The lowest BCUT2D eigenvalue weighted by Crippen LogP contribution is -2.14. The average molecular weight is 529 g/mol. The molecule has 4 aromatic rings. The summed E-state index contributed by atoms with van der Waals surface area (Å²) < 4.78 is 54.3. The number of anilines is 2. The molecule has 10 heteroatoms. The summed E-state index contributed by atoms with van der Waals surface area (Å²) in [5, 5.41) is 4.86. The molecule has 0 heterocycles. The van der Waals surface area contributed by atoms with E-state index in [1.807, 2.05) is 0 Å². The zero-order valence-corrected chi connectivity index (χ0v) is 19.9. The van der Waals surface area contributed by atoms with Crippen molar-refractivity contribution >= 4 is 44.8 Å². The van der Waals surface area contributed by atoms with Crippen molar-refractivity contribution in [1.82, 2.24) is 0 Å². The van der Waals surface area contributed by atoms with Gasteiger partial charge in [0.25, 0.3) is 11.8 Å². The zero-order chi connectivity index (χ0) is 25.7. The van der Waals surface area contributed by atoms with Crippen LogP contribution in [0.15, 0.2) is 94.7 Å². The molecule has 0 fully saturated rings. The lowest BCUT2D eigenvalue weighted by atomic mass is 10.2. The van der Waals surface area contributed by atoms with Crippen LogP contribution in [0.3, 0.4) is 0 Å². The minimum atomic E-state index is -0.902. The fourth-order valence-corrected chi connectivity index (χ4v) is 5.46. The van der Waals surface area contributed by atoms with Crippen molar-refractivity contribution in [3.8, 4) is 0 Å². The van der Waals surface area contributed by atoms with Gasteiger partial charge in [-0.1, -0.05) is 45.9 Å². The van der Waals surface area contributed by atoms with E-state index in [4.69, 9.17) is 0 Å². The average Bonchev–Trinajstić information content (AvgIpc) is 2.86. The third kappa shape index (κ3) is 6.07. The Balaban J connectivity index is 1.50. The lowest BCUT2D eigenvalue weighted by molar-refractivity contribution is 0.101. The molecule has 0 radical (unpaired) electrons. The lowest BCUT2D eigenvalue weighted by Gasteiger charge is -2.12. The molecule has 182 valence electrons. The molecule has 0 bridgehead atoms. The highest BCUT2D eigenvalue weighted by atomic mass is 33.1. The summed E-state index contributed by atoms with van der Waals surface area (Å²) >= 11 is 0. The fraction of sp³-hybridized carbons (Fsp3) is 0. The van der Waals surface area contributed by atoms with Crippen molar-refractivity contribution < 1.29 is 27.2 Å². The topological polar surface area (TPSA) is 58.2 Å². The Bertz CT molecular complexity index is 1340. The molecule has 4 aromatic carbocycles. The van der Waals surface area contributed by atoms with Crippen LogP contribution < -0.4 is 10.6 Å². The molecule has 0 saturated heterocycles. The molecule has 0 aliphatic carbocycles. The molecule has 0 aliphatic rings. The molecule has 36 heavy (non-hydrogen) atoms. The molecule has 0 saturated carbocycles. The van der Waals surface area contributed by atoms with Crippen LogP contribution in [0.25, 0.3) is 0 Å². The molecule has 0 atom stereocenters. The van der Waals surface area contributed by atoms with Crippen molar-refractivity contribution in [3.05, 3.63) is 119 Å². The molecule has 4 rings (SSSR count). The number of hydrogen-bond acceptors (Lipinski definition) is 4. The first-order valence-corrected chi connectivity index (χ1v) is 12.5. The van der Waals surface area contributed by atoms with Crippen molar-refractivity contribution in [2.45, 2.75) is 9.79 Å². The van der Waals surface area contributed by atoms with Gasteiger partial charge in [-0.15, -0.1) is 0 Å². The Morgan fingerprint density at radius 2 is 0.944 bits per heavy atom. The Labute approximate surface area is 211 Å². The second-order valence-electron chi connectivity index (χ2n) is 7.32. The number of nitrogens with one attached hydrogen (secondary N) is 2. The van der Waals surface area contributed by atoms with Crippen LogP contribution >= 0.6 is 21.6 Å². The zero-order valence-electron chi connectivity index (χ0n) is 18.2. The maximum absolute atomic E-state index is 14.0. The van der Waals surface area contributed by atoms with E-state index in [1.54, 1.807) is 48.5 Å². The fourth-order valence-electron chi connectivity index (χ4n) is 3.10. The van der Waals surface area contributed by atoms with Crippen LogP contribution in [0.2, 0.25) is 0 Å². The SMILES string of the molecule is O=C(Nc1ccc(F)cc1F)c1ccccc1SSc1ccccc1C(=O)Nc1ccc(F)cc1F. The predicted octanol–water partition coefficient (Wildman–Crippen LogP) is 7.55. The van der Waals surface area contributed by atoms with Gasteiger partial charge in [-0.3, -0.25) is 9.59 Å². The Kier molecular flexibility index (Phi) is 7.97. The second-order valence-corrected chi connectivity index (χ2v) is 9.53. The van der Waals surface area contributed by atoms with Gasteiger partial charge >= 0.3 is 0 Å². The maximum atomic E-state index is 14.0. The van der Waals surface area contributed by atoms with E-state index < -0.39 is 35.1 Å². The van der Waals surface area contributed by atoms with Crippen molar-refractivity contribution in [1.29, 1.82) is 0 Å². The van der Waals surface area contributed by atoms with E-state index in [0.717, 1.165) is 24.3 Å². The summed E-state index contributed by atoms with van der Waals surface area (Å²) in [6.45, 7) is 0. The molecule has 0 aromatic heterocycles. The number of carbonyl (C=O) groups excluding carboxylic acids is 2. The van der Waals surface area contributed by atoms with Gasteiger partial charge in [0.2, 0.25) is 0 Å². The molecular weight excluding hydrogens is 512 g/mol. The number of rotatable bonds is 7. The van der Waals surface area contributed by atoms with Crippen molar-refractivity contribution in [3.63, 3.8) is 0 Å². The first kappa shape index (κ1) is 25.3. The van der Waals surface area contributed by atoms with Gasteiger partial charge in [0.15, 0.2) is 0 Å². The van der Waals surface area contributed by atoms with E-state index in [1.165, 1.54) is 21.6 Å². The first-order valence-electron chi connectivity index (χ1n) is 10.4. The quantitative estimate of drug-likeness (QED) is 0.192. The van der Waals surface area contributed by atoms with Gasteiger partial charge in [0.1, 0.15) is 23.3 Å². The van der Waals surface area contributed by atoms with Crippen LogP contribution in [0.5, 0.6) is 0 Å². The monoisotopic (exact) mass is 528 g/mol. The van der Waals surface area contributed by atoms with Gasteiger partial charge in [-0.05, 0) is 48.5 Å². The Morgan fingerprint density at radius 1 is 0.556 bits per heavy atom. The van der Waals surface area contributed by atoms with Crippen LogP contribution in [-0.4, -0.2) is 11.8 Å². The van der Waals surface area contributed by atoms with E-state index in [2.05, 4.69) is 10.6 Å². The Hall–Kier alpha value is -3.76. The summed E-state index contributed by atoms with van der Waals surface area (Å²) in [6, 6.07) is 18.9.